The Labute approximate surface area is 306 Å². The van der Waals surface area contributed by atoms with Crippen molar-refractivity contribution in [2.24, 2.45) is 0 Å². The summed E-state index contributed by atoms with van der Waals surface area (Å²) >= 11 is 0. The van der Waals surface area contributed by atoms with Gasteiger partial charge in [-0.15, -0.1) is 0 Å². The highest BCUT2D eigenvalue weighted by Gasteiger charge is 2.33. The van der Waals surface area contributed by atoms with E-state index in [1.54, 1.807) is 4.90 Å². The minimum absolute atomic E-state index is 0.119. The predicted octanol–water partition coefficient (Wildman–Crippen LogP) is 7.00. The molecule has 7 rings (SSSR count). The number of aryl methyl sites for hydroxylation is 2. The summed E-state index contributed by atoms with van der Waals surface area (Å²) in [7, 11) is 0. The van der Waals surface area contributed by atoms with Crippen LogP contribution in [0.15, 0.2) is 59.8 Å². The third-order valence-corrected chi connectivity index (χ3v) is 10.6. The second-order valence-corrected chi connectivity index (χ2v) is 16.0. The molecule has 2 atom stereocenters. The summed E-state index contributed by atoms with van der Waals surface area (Å²) < 4.78 is 24.0. The normalized spacial score (nSPS) is 19.8. The van der Waals surface area contributed by atoms with E-state index < -0.39 is 11.4 Å². The number of anilines is 2. The van der Waals surface area contributed by atoms with Crippen molar-refractivity contribution in [3.8, 4) is 0 Å². The topological polar surface area (TPSA) is 87.0 Å². The molecule has 1 amide bonds. The molecule has 5 heterocycles. The largest absolute Gasteiger partial charge is 0.444 e. The summed E-state index contributed by atoms with van der Waals surface area (Å²) in [6.45, 7) is 15.8. The highest BCUT2D eigenvalue weighted by Crippen LogP contribution is 2.39. The molecule has 10 nitrogen and oxygen atoms in total. The molecule has 0 N–H and O–H groups in total. The molecular weight excluding hydrogens is 657 g/mol. The zero-order valence-corrected chi connectivity index (χ0v) is 31.4. The smallest absolute Gasteiger partial charge is 0.410 e. The van der Waals surface area contributed by atoms with Gasteiger partial charge in [0.15, 0.2) is 5.43 Å². The molecule has 0 unspecified atom stereocenters. The summed E-state index contributed by atoms with van der Waals surface area (Å²) in [6.07, 6.45) is 9.60. The number of carbonyl (C=O) groups excluding carboxylic acids is 1. The maximum absolute atomic E-state index is 16.2. The van der Waals surface area contributed by atoms with Gasteiger partial charge in [0.05, 0.1) is 23.1 Å². The summed E-state index contributed by atoms with van der Waals surface area (Å²) in [4.78, 5) is 44.7. The van der Waals surface area contributed by atoms with E-state index >= 15 is 4.39 Å². The van der Waals surface area contributed by atoms with Gasteiger partial charge in [0, 0.05) is 98.7 Å². The molecule has 4 aromatic rings. The van der Waals surface area contributed by atoms with Crippen molar-refractivity contribution < 1.29 is 13.9 Å². The number of pyridine rings is 3. The molecule has 276 valence electrons. The van der Waals surface area contributed by atoms with Crippen LogP contribution in [0, 0.1) is 19.7 Å². The molecule has 11 heteroatoms. The van der Waals surface area contributed by atoms with Crippen LogP contribution < -0.4 is 15.2 Å². The van der Waals surface area contributed by atoms with E-state index in [2.05, 4.69) is 48.6 Å². The molecule has 3 aromatic heterocycles. The van der Waals surface area contributed by atoms with Crippen molar-refractivity contribution in [1.29, 1.82) is 0 Å². The third-order valence-electron chi connectivity index (χ3n) is 10.6. The Morgan fingerprint density at radius 2 is 1.77 bits per heavy atom. The van der Waals surface area contributed by atoms with E-state index in [1.807, 2.05) is 71.1 Å². The van der Waals surface area contributed by atoms with Gasteiger partial charge in [0.1, 0.15) is 11.4 Å². The molecule has 1 saturated carbocycles. The van der Waals surface area contributed by atoms with E-state index in [9.17, 15) is 9.59 Å². The van der Waals surface area contributed by atoms with Crippen molar-refractivity contribution >= 4 is 28.4 Å². The second-order valence-electron chi connectivity index (χ2n) is 16.0. The predicted molar refractivity (Wildman–Crippen MR) is 203 cm³/mol. The molecule has 2 aliphatic heterocycles. The Balaban J connectivity index is 1.19. The van der Waals surface area contributed by atoms with Crippen LogP contribution in [0.4, 0.5) is 20.6 Å². The molecule has 52 heavy (non-hydrogen) atoms. The van der Waals surface area contributed by atoms with E-state index in [4.69, 9.17) is 4.74 Å². The average molecular weight is 710 g/mol. The SMILES string of the molecule is Cc1ccc(N2CCC[C@H](N(Cc3ccnc(C)c3)Cc3cn(C4CC4)c4cc(N5CCN(C(=O)OC(C)(C)C)[C@H](C)C5)c(F)cc4c3=O)C2)cn1. The maximum atomic E-state index is 16.2. The van der Waals surface area contributed by atoms with Crippen LogP contribution in [0.3, 0.4) is 0 Å². The standard InChI is InChI=1S/C41H52FN7O3/c1-27-9-10-33(21-44-27)45-15-7-8-34(26-45)47(23-30-13-14-43-28(2)18-30)24-31-25-49(32-11-12-32)37-20-38(36(42)19-35(37)39(31)50)46-16-17-48(29(3)22-46)40(51)52-41(4,5)6/h9-10,13-14,18-21,25,29,32,34H,7-8,11-12,15-17,22-24,26H2,1-6H3/t29-,34+/m1/s1. The van der Waals surface area contributed by atoms with Crippen molar-refractivity contribution in [1.82, 2.24) is 24.3 Å². The van der Waals surface area contributed by atoms with E-state index in [-0.39, 0.29) is 29.6 Å². The monoisotopic (exact) mass is 709 g/mol. The van der Waals surface area contributed by atoms with Crippen LogP contribution in [0.1, 0.15) is 81.9 Å². The fourth-order valence-corrected chi connectivity index (χ4v) is 7.80. The average Bonchev–Trinajstić information content (AvgIpc) is 3.94. The number of amides is 1. The highest BCUT2D eigenvalue weighted by atomic mass is 19.1. The molecule has 0 bridgehead atoms. The van der Waals surface area contributed by atoms with Crippen LogP contribution in [0.2, 0.25) is 0 Å². The zero-order valence-electron chi connectivity index (χ0n) is 31.4. The first-order valence-corrected chi connectivity index (χ1v) is 18.8. The van der Waals surface area contributed by atoms with Gasteiger partial charge in [-0.3, -0.25) is 19.7 Å². The fraction of sp³-hybridized carbons (Fsp3) is 0.512. The number of piperazine rings is 1. The number of piperidine rings is 1. The molecule has 1 aromatic carbocycles. The number of aromatic nitrogens is 3. The molecule has 0 spiro atoms. The van der Waals surface area contributed by atoms with Crippen LogP contribution in [0.25, 0.3) is 10.9 Å². The summed E-state index contributed by atoms with van der Waals surface area (Å²) in [5, 5.41) is 0.418. The molecular formula is C41H52FN7O3. The van der Waals surface area contributed by atoms with Gasteiger partial charge in [0.2, 0.25) is 0 Å². The lowest BCUT2D eigenvalue weighted by molar-refractivity contribution is 0.0159. The van der Waals surface area contributed by atoms with Gasteiger partial charge in [-0.25, -0.2) is 9.18 Å². The molecule has 3 aliphatic rings. The minimum Gasteiger partial charge on any atom is -0.444 e. The van der Waals surface area contributed by atoms with Gasteiger partial charge < -0.3 is 24.0 Å². The summed E-state index contributed by atoms with van der Waals surface area (Å²) in [5.74, 6) is -0.416. The zero-order chi connectivity index (χ0) is 36.7. The number of halogens is 1. The number of ether oxygens (including phenoxy) is 1. The van der Waals surface area contributed by atoms with E-state index in [0.717, 1.165) is 66.9 Å². The summed E-state index contributed by atoms with van der Waals surface area (Å²) in [6, 6.07) is 12.0. The van der Waals surface area contributed by atoms with Crippen LogP contribution in [-0.2, 0) is 17.8 Å². The van der Waals surface area contributed by atoms with Gasteiger partial charge in [-0.2, -0.15) is 0 Å². The lowest BCUT2D eigenvalue weighted by atomic mass is 10.0. The number of carbonyl (C=O) groups is 1. The Morgan fingerprint density at radius 3 is 2.46 bits per heavy atom. The molecule has 1 aliphatic carbocycles. The number of nitrogens with zero attached hydrogens (tertiary/aromatic N) is 7. The van der Waals surface area contributed by atoms with Crippen molar-refractivity contribution in [3.63, 3.8) is 0 Å². The van der Waals surface area contributed by atoms with Crippen LogP contribution >= 0.6 is 0 Å². The van der Waals surface area contributed by atoms with Gasteiger partial charge in [0.25, 0.3) is 0 Å². The Bertz CT molecular complexity index is 1990. The minimum atomic E-state index is -0.589. The summed E-state index contributed by atoms with van der Waals surface area (Å²) in [5.41, 5.74) is 5.43. The Morgan fingerprint density at radius 1 is 0.962 bits per heavy atom. The first-order valence-electron chi connectivity index (χ1n) is 18.8. The highest BCUT2D eigenvalue weighted by molar-refractivity contribution is 5.84. The van der Waals surface area contributed by atoms with E-state index in [0.29, 0.717) is 49.4 Å². The number of benzene rings is 1. The van der Waals surface area contributed by atoms with E-state index in [1.165, 1.54) is 6.07 Å². The fourth-order valence-electron chi connectivity index (χ4n) is 7.80. The van der Waals surface area contributed by atoms with Gasteiger partial charge in [-0.1, -0.05) is 0 Å². The van der Waals surface area contributed by atoms with Gasteiger partial charge in [-0.05, 0) is 109 Å². The number of hydrogen-bond acceptors (Lipinski definition) is 8. The Kier molecular flexibility index (Phi) is 9.99. The third kappa shape index (κ3) is 7.94. The van der Waals surface area contributed by atoms with Crippen LogP contribution in [-0.4, -0.2) is 80.8 Å². The van der Waals surface area contributed by atoms with Gasteiger partial charge >= 0.3 is 6.09 Å². The quantitative estimate of drug-likeness (QED) is 0.194. The van der Waals surface area contributed by atoms with Crippen LogP contribution in [0.5, 0.6) is 0 Å². The lowest BCUT2D eigenvalue weighted by Gasteiger charge is -2.41. The molecule has 2 saturated heterocycles. The van der Waals surface area contributed by atoms with Crippen molar-refractivity contribution in [2.75, 3.05) is 42.5 Å². The number of rotatable bonds is 8. The lowest BCUT2D eigenvalue weighted by Crippen LogP contribution is -2.55. The number of fused-ring (bicyclic) bond motifs is 1. The number of hydrogen-bond donors (Lipinski definition) is 0. The first-order chi connectivity index (χ1) is 24.8. The van der Waals surface area contributed by atoms with Crippen molar-refractivity contribution in [2.45, 2.75) is 104 Å². The second kappa shape index (κ2) is 14.5. The van der Waals surface area contributed by atoms with Crippen molar-refractivity contribution in [3.05, 3.63) is 93.5 Å². The maximum Gasteiger partial charge on any atom is 0.410 e. The molecule has 0 radical (unpaired) electrons. The Hall–Kier alpha value is -4.51. The first kappa shape index (κ1) is 35.9. The molecule has 3 fully saturated rings.